The van der Waals surface area contributed by atoms with Crippen molar-refractivity contribution < 1.29 is 9.18 Å². The van der Waals surface area contributed by atoms with E-state index in [0.717, 1.165) is 0 Å². The van der Waals surface area contributed by atoms with Crippen molar-refractivity contribution in [1.82, 2.24) is 0 Å². The number of carbonyl (C=O) groups excluding carboxylic acids is 1. The van der Waals surface area contributed by atoms with E-state index in [4.69, 9.17) is 5.26 Å². The molecule has 1 fully saturated rings. The normalized spacial score (nSPS) is 19.2. The summed E-state index contributed by atoms with van der Waals surface area (Å²) in [6.45, 7) is 4.06. The molecule has 86 valence electrons. The van der Waals surface area contributed by atoms with Gasteiger partial charge in [-0.1, -0.05) is 12.1 Å². The maximum atomic E-state index is 13.9. The van der Waals surface area contributed by atoms with E-state index in [0.29, 0.717) is 13.0 Å². The number of halogens is 1. The summed E-state index contributed by atoms with van der Waals surface area (Å²) in [5, 5.41) is 8.74. The molecule has 0 aromatic heterocycles. The molecule has 0 radical (unpaired) electrons. The van der Waals surface area contributed by atoms with Crippen LogP contribution in [0.25, 0.3) is 0 Å². The molecule has 1 aliphatic rings. The fourth-order valence-corrected chi connectivity index (χ4v) is 1.94. The number of hydrogen-bond acceptors (Lipinski definition) is 2. The lowest BCUT2D eigenvalue weighted by Crippen LogP contribution is -2.25. The van der Waals surface area contributed by atoms with Crippen molar-refractivity contribution in [3.8, 4) is 6.07 Å². The first-order valence-electron chi connectivity index (χ1n) is 5.29. The van der Waals surface area contributed by atoms with Gasteiger partial charge in [0.25, 0.3) is 0 Å². The molecule has 1 saturated heterocycles. The van der Waals surface area contributed by atoms with Gasteiger partial charge < -0.3 is 4.90 Å². The van der Waals surface area contributed by atoms with Gasteiger partial charge in [0.2, 0.25) is 5.91 Å². The summed E-state index contributed by atoms with van der Waals surface area (Å²) in [7, 11) is 0. The van der Waals surface area contributed by atoms with Crippen LogP contribution >= 0.6 is 0 Å². The summed E-state index contributed by atoms with van der Waals surface area (Å²) in [4.78, 5) is 13.1. The number of nitriles is 1. The molecule has 1 aromatic carbocycles. The lowest BCUT2D eigenvalue weighted by atomic mass is 10.1. The Bertz CT molecular complexity index is 519. The summed E-state index contributed by atoms with van der Waals surface area (Å²) in [5.74, 6) is -0.718. The van der Waals surface area contributed by atoms with E-state index in [1.807, 2.05) is 0 Å². The lowest BCUT2D eigenvalue weighted by molar-refractivity contribution is -0.117. The highest BCUT2D eigenvalue weighted by molar-refractivity contribution is 5.96. The van der Waals surface area contributed by atoms with E-state index in [1.54, 1.807) is 18.2 Å². The number of rotatable bonds is 2. The van der Waals surface area contributed by atoms with Gasteiger partial charge in [0.1, 0.15) is 6.07 Å². The Balaban J connectivity index is 2.39. The predicted octanol–water partition coefficient (Wildman–Crippen LogP) is 2.24. The molecule has 0 spiro atoms. The average molecular weight is 230 g/mol. The SMILES string of the molecule is C=CC1CC(=O)N(c2cccc(C#N)c2F)C1. The average Bonchev–Trinajstić information content (AvgIpc) is 2.71. The first kappa shape index (κ1) is 11.3. The van der Waals surface area contributed by atoms with Crippen LogP contribution in [0.5, 0.6) is 0 Å². The zero-order valence-corrected chi connectivity index (χ0v) is 9.19. The third kappa shape index (κ3) is 1.92. The van der Waals surface area contributed by atoms with E-state index in [1.165, 1.54) is 17.0 Å². The van der Waals surface area contributed by atoms with Crippen molar-refractivity contribution in [3.63, 3.8) is 0 Å². The number of amides is 1. The van der Waals surface area contributed by atoms with Gasteiger partial charge in [0, 0.05) is 18.9 Å². The van der Waals surface area contributed by atoms with Crippen LogP contribution in [-0.2, 0) is 4.79 Å². The van der Waals surface area contributed by atoms with Crippen molar-refractivity contribution in [2.75, 3.05) is 11.4 Å². The van der Waals surface area contributed by atoms with Crippen LogP contribution in [0, 0.1) is 23.1 Å². The molecule has 0 bridgehead atoms. The Morgan fingerprint density at radius 3 is 2.94 bits per heavy atom. The summed E-state index contributed by atoms with van der Waals surface area (Å²) in [6.07, 6.45) is 2.05. The minimum atomic E-state index is -0.631. The molecule has 1 amide bonds. The number of hydrogen-bond donors (Lipinski definition) is 0. The molecule has 0 N–H and O–H groups in total. The number of anilines is 1. The van der Waals surface area contributed by atoms with Crippen LogP contribution in [0.1, 0.15) is 12.0 Å². The van der Waals surface area contributed by atoms with Crippen LogP contribution in [-0.4, -0.2) is 12.5 Å². The fraction of sp³-hybridized carbons (Fsp3) is 0.231. The van der Waals surface area contributed by atoms with Gasteiger partial charge in [-0.2, -0.15) is 5.26 Å². The summed E-state index contributed by atoms with van der Waals surface area (Å²) < 4.78 is 13.9. The van der Waals surface area contributed by atoms with E-state index in [2.05, 4.69) is 6.58 Å². The monoisotopic (exact) mass is 230 g/mol. The van der Waals surface area contributed by atoms with Crippen LogP contribution in [0.15, 0.2) is 30.9 Å². The standard InChI is InChI=1S/C13H11FN2O/c1-2-9-6-12(17)16(8-9)11-5-3-4-10(7-15)13(11)14/h2-5,9H,1,6,8H2. The van der Waals surface area contributed by atoms with Crippen LogP contribution in [0.2, 0.25) is 0 Å². The molecular formula is C13H11FN2O. The maximum Gasteiger partial charge on any atom is 0.227 e. The molecule has 1 aromatic rings. The molecule has 1 aliphatic heterocycles. The molecule has 1 heterocycles. The highest BCUT2D eigenvalue weighted by Crippen LogP contribution is 2.28. The molecule has 17 heavy (non-hydrogen) atoms. The van der Waals surface area contributed by atoms with E-state index >= 15 is 0 Å². The van der Waals surface area contributed by atoms with Gasteiger partial charge in [-0.3, -0.25) is 4.79 Å². The van der Waals surface area contributed by atoms with Gasteiger partial charge in [-0.05, 0) is 12.1 Å². The van der Waals surface area contributed by atoms with Crippen molar-refractivity contribution in [3.05, 3.63) is 42.2 Å². The zero-order chi connectivity index (χ0) is 12.4. The quantitative estimate of drug-likeness (QED) is 0.731. The second kappa shape index (κ2) is 4.38. The van der Waals surface area contributed by atoms with Gasteiger partial charge in [0.15, 0.2) is 5.82 Å². The second-order valence-electron chi connectivity index (χ2n) is 3.95. The Labute approximate surface area is 98.8 Å². The molecule has 0 aliphatic carbocycles. The highest BCUT2D eigenvalue weighted by atomic mass is 19.1. The fourth-order valence-electron chi connectivity index (χ4n) is 1.94. The molecule has 0 saturated carbocycles. The zero-order valence-electron chi connectivity index (χ0n) is 9.19. The largest absolute Gasteiger partial charge is 0.309 e. The topological polar surface area (TPSA) is 44.1 Å². The first-order valence-corrected chi connectivity index (χ1v) is 5.29. The molecule has 1 unspecified atom stereocenters. The van der Waals surface area contributed by atoms with E-state index in [-0.39, 0.29) is 23.1 Å². The van der Waals surface area contributed by atoms with Gasteiger partial charge in [0.05, 0.1) is 11.3 Å². The molecule has 1 atom stereocenters. The van der Waals surface area contributed by atoms with Crippen molar-refractivity contribution in [2.45, 2.75) is 6.42 Å². The Morgan fingerprint density at radius 2 is 2.35 bits per heavy atom. The van der Waals surface area contributed by atoms with Crippen LogP contribution in [0.3, 0.4) is 0 Å². The number of nitrogens with zero attached hydrogens (tertiary/aromatic N) is 2. The second-order valence-corrected chi connectivity index (χ2v) is 3.95. The third-order valence-electron chi connectivity index (χ3n) is 2.88. The number of carbonyl (C=O) groups is 1. The summed E-state index contributed by atoms with van der Waals surface area (Å²) >= 11 is 0. The van der Waals surface area contributed by atoms with Gasteiger partial charge >= 0.3 is 0 Å². The summed E-state index contributed by atoms with van der Waals surface area (Å²) in [6, 6.07) is 6.25. The lowest BCUT2D eigenvalue weighted by Gasteiger charge is -2.17. The molecule has 3 nitrogen and oxygen atoms in total. The van der Waals surface area contributed by atoms with Gasteiger partial charge in [-0.15, -0.1) is 6.58 Å². The molecule has 4 heteroatoms. The van der Waals surface area contributed by atoms with Crippen molar-refractivity contribution >= 4 is 11.6 Å². The van der Waals surface area contributed by atoms with E-state index in [9.17, 15) is 9.18 Å². The van der Waals surface area contributed by atoms with Crippen molar-refractivity contribution in [1.29, 1.82) is 5.26 Å². The highest BCUT2D eigenvalue weighted by Gasteiger charge is 2.30. The first-order chi connectivity index (χ1) is 8.17. The molecule has 2 rings (SSSR count). The third-order valence-corrected chi connectivity index (χ3v) is 2.88. The minimum absolute atomic E-state index is 0.0441. The van der Waals surface area contributed by atoms with E-state index < -0.39 is 5.82 Å². The Morgan fingerprint density at radius 1 is 1.59 bits per heavy atom. The smallest absolute Gasteiger partial charge is 0.227 e. The number of benzene rings is 1. The van der Waals surface area contributed by atoms with Gasteiger partial charge in [-0.25, -0.2) is 4.39 Å². The van der Waals surface area contributed by atoms with Crippen molar-refractivity contribution in [2.24, 2.45) is 5.92 Å². The Kier molecular flexibility index (Phi) is 2.92. The summed E-state index contributed by atoms with van der Waals surface area (Å²) in [5.41, 5.74) is 0.135. The Hall–Kier alpha value is -2.15. The maximum absolute atomic E-state index is 13.9. The predicted molar refractivity (Wildman–Crippen MR) is 61.8 cm³/mol. The van der Waals surface area contributed by atoms with Crippen LogP contribution < -0.4 is 4.90 Å². The molecular weight excluding hydrogens is 219 g/mol. The minimum Gasteiger partial charge on any atom is -0.309 e. The van der Waals surface area contributed by atoms with Crippen LogP contribution in [0.4, 0.5) is 10.1 Å².